The lowest BCUT2D eigenvalue weighted by atomic mass is 9.92. The number of nitrogens with two attached hydrogens (primary N) is 1. The molecule has 1 aromatic carbocycles. The number of fused-ring (bicyclic) bond motifs is 3. The quantitative estimate of drug-likeness (QED) is 0.362. The SMILES string of the molecule is CCOCc1nc2c(N)nc3cc(C#CCN4CCNCC4)ccc3c2n1CC(C)(CO)CO. The van der Waals surface area contributed by atoms with E-state index in [-0.39, 0.29) is 13.2 Å². The van der Waals surface area contributed by atoms with Crippen molar-refractivity contribution in [1.82, 2.24) is 24.8 Å². The number of imidazole rings is 1. The maximum Gasteiger partial charge on any atom is 0.152 e. The molecule has 0 saturated carbocycles. The molecule has 1 fully saturated rings. The van der Waals surface area contributed by atoms with Crippen molar-refractivity contribution < 1.29 is 14.9 Å². The average molecular weight is 467 g/mol. The minimum Gasteiger partial charge on any atom is -0.396 e. The Kier molecular flexibility index (Phi) is 7.66. The average Bonchev–Trinajstić information content (AvgIpc) is 3.21. The van der Waals surface area contributed by atoms with Gasteiger partial charge in [-0.05, 0) is 25.1 Å². The van der Waals surface area contributed by atoms with Crippen LogP contribution in [0.2, 0.25) is 0 Å². The molecule has 2 aromatic heterocycles. The molecule has 1 aliphatic heterocycles. The van der Waals surface area contributed by atoms with E-state index in [1.54, 1.807) is 0 Å². The van der Waals surface area contributed by atoms with Crippen molar-refractivity contribution in [3.05, 3.63) is 29.6 Å². The molecular weight excluding hydrogens is 432 g/mol. The van der Waals surface area contributed by atoms with Crippen molar-refractivity contribution in [2.75, 3.05) is 58.3 Å². The van der Waals surface area contributed by atoms with Gasteiger partial charge in [0.05, 0.1) is 30.8 Å². The molecule has 0 atom stereocenters. The van der Waals surface area contributed by atoms with E-state index >= 15 is 0 Å². The van der Waals surface area contributed by atoms with Gasteiger partial charge in [-0.3, -0.25) is 4.90 Å². The third-order valence-electron chi connectivity index (χ3n) is 6.27. The van der Waals surface area contributed by atoms with E-state index in [9.17, 15) is 10.2 Å². The predicted molar refractivity (Wildman–Crippen MR) is 133 cm³/mol. The van der Waals surface area contributed by atoms with Crippen molar-refractivity contribution >= 4 is 27.8 Å². The monoisotopic (exact) mass is 466 g/mol. The van der Waals surface area contributed by atoms with Gasteiger partial charge in [-0.2, -0.15) is 0 Å². The van der Waals surface area contributed by atoms with Crippen molar-refractivity contribution in [1.29, 1.82) is 0 Å². The highest BCUT2D eigenvalue weighted by Crippen LogP contribution is 2.32. The van der Waals surface area contributed by atoms with Crippen LogP contribution in [-0.4, -0.2) is 82.2 Å². The first-order chi connectivity index (χ1) is 16.5. The van der Waals surface area contributed by atoms with E-state index in [0.717, 1.165) is 54.7 Å². The fourth-order valence-corrected chi connectivity index (χ4v) is 4.16. The van der Waals surface area contributed by atoms with E-state index in [1.165, 1.54) is 0 Å². The summed E-state index contributed by atoms with van der Waals surface area (Å²) in [6.07, 6.45) is 0. The molecule has 9 heteroatoms. The molecule has 3 heterocycles. The van der Waals surface area contributed by atoms with Crippen LogP contribution in [0.1, 0.15) is 25.2 Å². The van der Waals surface area contributed by atoms with Gasteiger partial charge in [0, 0.05) is 55.7 Å². The van der Waals surface area contributed by atoms with Crippen LogP contribution in [0.3, 0.4) is 0 Å². The van der Waals surface area contributed by atoms with Gasteiger partial charge in [0.15, 0.2) is 5.82 Å². The second-order valence-electron chi connectivity index (χ2n) is 9.13. The first kappa shape index (κ1) is 24.4. The molecule has 34 heavy (non-hydrogen) atoms. The molecule has 0 spiro atoms. The summed E-state index contributed by atoms with van der Waals surface area (Å²) in [7, 11) is 0. The number of aliphatic hydroxyl groups excluding tert-OH is 2. The Labute approximate surface area is 199 Å². The van der Waals surface area contributed by atoms with Crippen LogP contribution in [0.15, 0.2) is 18.2 Å². The highest BCUT2D eigenvalue weighted by molar-refractivity contribution is 6.06. The summed E-state index contributed by atoms with van der Waals surface area (Å²) in [4.78, 5) is 11.7. The lowest BCUT2D eigenvalue weighted by Crippen LogP contribution is -2.43. The normalized spacial score (nSPS) is 15.1. The molecule has 5 N–H and O–H groups in total. The molecule has 0 radical (unpaired) electrons. The maximum atomic E-state index is 9.92. The smallest absolute Gasteiger partial charge is 0.152 e. The number of nitrogen functional groups attached to an aromatic ring is 1. The second kappa shape index (κ2) is 10.7. The number of hydrogen-bond acceptors (Lipinski definition) is 8. The third kappa shape index (κ3) is 5.17. The van der Waals surface area contributed by atoms with Gasteiger partial charge in [0.25, 0.3) is 0 Å². The minimum absolute atomic E-state index is 0.164. The zero-order valence-electron chi connectivity index (χ0n) is 20.0. The van der Waals surface area contributed by atoms with Gasteiger partial charge >= 0.3 is 0 Å². The molecule has 1 saturated heterocycles. The van der Waals surface area contributed by atoms with Crippen LogP contribution < -0.4 is 11.1 Å². The van der Waals surface area contributed by atoms with Crippen LogP contribution in [0, 0.1) is 17.3 Å². The number of aliphatic hydroxyl groups is 2. The van der Waals surface area contributed by atoms with Crippen LogP contribution >= 0.6 is 0 Å². The number of nitrogens with one attached hydrogen (secondary N) is 1. The summed E-state index contributed by atoms with van der Waals surface area (Å²) >= 11 is 0. The topological polar surface area (TPSA) is 122 Å². The highest BCUT2D eigenvalue weighted by Gasteiger charge is 2.27. The number of ether oxygens (including phenoxy) is 1. The fourth-order valence-electron chi connectivity index (χ4n) is 4.16. The van der Waals surface area contributed by atoms with Crippen LogP contribution in [0.5, 0.6) is 0 Å². The number of anilines is 1. The van der Waals surface area contributed by atoms with Crippen molar-refractivity contribution in [2.24, 2.45) is 5.41 Å². The molecule has 0 amide bonds. The maximum absolute atomic E-state index is 9.92. The Morgan fingerprint density at radius 1 is 1.21 bits per heavy atom. The van der Waals surface area contributed by atoms with Gasteiger partial charge in [-0.15, -0.1) is 0 Å². The molecule has 0 aliphatic carbocycles. The summed E-state index contributed by atoms with van der Waals surface area (Å²) in [5, 5.41) is 24.1. The third-order valence-corrected chi connectivity index (χ3v) is 6.27. The Hall–Kier alpha value is -2.74. The summed E-state index contributed by atoms with van der Waals surface area (Å²) in [6, 6.07) is 5.94. The summed E-state index contributed by atoms with van der Waals surface area (Å²) in [5.41, 5.74) is 8.64. The largest absolute Gasteiger partial charge is 0.396 e. The lowest BCUT2D eigenvalue weighted by Gasteiger charge is -2.26. The Morgan fingerprint density at radius 3 is 2.68 bits per heavy atom. The first-order valence-corrected chi connectivity index (χ1v) is 11.8. The van der Waals surface area contributed by atoms with E-state index in [4.69, 9.17) is 15.5 Å². The van der Waals surface area contributed by atoms with Gasteiger partial charge in [-0.1, -0.05) is 18.8 Å². The number of pyridine rings is 1. The van der Waals surface area contributed by atoms with E-state index in [1.807, 2.05) is 36.6 Å². The Morgan fingerprint density at radius 2 is 1.97 bits per heavy atom. The molecule has 1 aliphatic rings. The summed E-state index contributed by atoms with van der Waals surface area (Å²) < 4.78 is 7.63. The zero-order valence-corrected chi connectivity index (χ0v) is 20.0. The van der Waals surface area contributed by atoms with Crippen LogP contribution in [0.25, 0.3) is 21.9 Å². The number of benzene rings is 1. The standard InChI is InChI=1S/C25H34N6O3/c1-3-34-14-21-29-22-23(31(21)15-25(2,16-32)17-33)19-7-6-18(13-20(19)28-24(22)26)5-4-10-30-11-8-27-9-12-30/h6-7,13,27,32-33H,3,8-12,14-17H2,1-2H3,(H2,26,28). The summed E-state index contributed by atoms with van der Waals surface area (Å²) in [6.45, 7) is 9.41. The Balaban J connectivity index is 1.75. The molecule has 3 aromatic rings. The van der Waals surface area contributed by atoms with Crippen LogP contribution in [-0.2, 0) is 17.9 Å². The van der Waals surface area contributed by atoms with Crippen molar-refractivity contribution in [2.45, 2.75) is 27.0 Å². The van der Waals surface area contributed by atoms with Crippen molar-refractivity contribution in [3.63, 3.8) is 0 Å². The van der Waals surface area contributed by atoms with Gasteiger partial charge in [0.1, 0.15) is 17.9 Å². The summed E-state index contributed by atoms with van der Waals surface area (Å²) in [5.74, 6) is 7.55. The molecular formula is C25H34N6O3. The fraction of sp³-hybridized carbons (Fsp3) is 0.520. The zero-order chi connectivity index (χ0) is 24.1. The first-order valence-electron chi connectivity index (χ1n) is 11.8. The number of hydrogen-bond donors (Lipinski definition) is 4. The molecule has 0 bridgehead atoms. The molecule has 182 valence electrons. The molecule has 0 unspecified atom stereocenters. The molecule has 4 rings (SSSR count). The lowest BCUT2D eigenvalue weighted by molar-refractivity contribution is 0.0530. The van der Waals surface area contributed by atoms with Crippen molar-refractivity contribution in [3.8, 4) is 11.8 Å². The minimum atomic E-state index is -0.728. The molecule has 9 nitrogen and oxygen atoms in total. The van der Waals surface area contributed by atoms with Gasteiger partial charge in [0.2, 0.25) is 0 Å². The van der Waals surface area contributed by atoms with Crippen LogP contribution in [0.4, 0.5) is 5.82 Å². The highest BCUT2D eigenvalue weighted by atomic mass is 16.5. The van der Waals surface area contributed by atoms with E-state index in [0.29, 0.717) is 36.9 Å². The van der Waals surface area contributed by atoms with Gasteiger partial charge in [-0.25, -0.2) is 9.97 Å². The van der Waals surface area contributed by atoms with E-state index in [2.05, 4.69) is 27.0 Å². The number of piperazine rings is 1. The number of nitrogens with zero attached hydrogens (tertiary/aromatic N) is 4. The predicted octanol–water partition coefficient (Wildman–Crippen LogP) is 0.951. The van der Waals surface area contributed by atoms with Gasteiger partial charge < -0.3 is 30.6 Å². The van der Waals surface area contributed by atoms with E-state index < -0.39 is 5.41 Å². The number of rotatable bonds is 8. The Bertz CT molecular complexity index is 1200. The number of aromatic nitrogens is 3. The second-order valence-corrected chi connectivity index (χ2v) is 9.13.